The average molecular weight is 341 g/mol. The number of alkyl halides is 2. The zero-order valence-corrected chi connectivity index (χ0v) is 14.2. The van der Waals surface area contributed by atoms with Crippen molar-refractivity contribution in [2.75, 3.05) is 6.67 Å². The second-order valence-corrected chi connectivity index (χ2v) is 9.20. The zero-order chi connectivity index (χ0) is 16.8. The highest BCUT2D eigenvalue weighted by Crippen LogP contribution is 2.61. The fourth-order valence-corrected chi connectivity index (χ4v) is 7.48. The minimum atomic E-state index is -2.57. The van der Waals surface area contributed by atoms with Gasteiger partial charge in [-0.25, -0.2) is 4.39 Å². The molecule has 3 heteroatoms. The van der Waals surface area contributed by atoms with Crippen molar-refractivity contribution in [2.24, 2.45) is 0 Å². The molecule has 3 rings (SSSR count). The Balaban J connectivity index is 2.33. The molecule has 0 bridgehead atoms. The topological polar surface area (TPSA) is 0 Å². The molecule has 0 saturated carbocycles. The highest BCUT2D eigenvalue weighted by molar-refractivity contribution is 7.96. The summed E-state index contributed by atoms with van der Waals surface area (Å²) in [5, 5.41) is 2.84. The van der Waals surface area contributed by atoms with E-state index in [-0.39, 0.29) is 6.42 Å². The third-order valence-electron chi connectivity index (χ3n) is 4.26. The summed E-state index contributed by atoms with van der Waals surface area (Å²) in [6.45, 7) is -0.657. The van der Waals surface area contributed by atoms with Crippen LogP contribution in [0.2, 0.25) is 0 Å². The fourth-order valence-electron chi connectivity index (χ4n) is 3.21. The minimum absolute atomic E-state index is 0.0908. The Morgan fingerprint density at radius 2 is 0.958 bits per heavy atom. The molecular formula is C21H20F2P+. The van der Waals surface area contributed by atoms with Crippen LogP contribution >= 0.6 is 7.26 Å². The summed E-state index contributed by atoms with van der Waals surface area (Å²) in [7, 11) is -2.57. The van der Waals surface area contributed by atoms with Crippen LogP contribution in [0.25, 0.3) is 0 Å². The number of halogens is 2. The van der Waals surface area contributed by atoms with Crippen molar-refractivity contribution in [1.29, 1.82) is 0 Å². The van der Waals surface area contributed by atoms with E-state index in [1.54, 1.807) is 0 Å². The lowest BCUT2D eigenvalue weighted by molar-refractivity contribution is 0.365. The van der Waals surface area contributed by atoms with E-state index in [9.17, 15) is 4.39 Å². The first kappa shape index (κ1) is 16.8. The third-order valence-corrected chi connectivity index (χ3v) is 8.69. The maximum Gasteiger partial charge on any atom is 0.221 e. The van der Waals surface area contributed by atoms with E-state index in [0.29, 0.717) is 0 Å². The third kappa shape index (κ3) is 2.99. The summed E-state index contributed by atoms with van der Waals surface area (Å²) in [5.41, 5.74) is 0. The standard InChI is InChI=1S/C21H20F2P/c22-17-16-21(23)24(18-10-4-1-5-11-18,19-12-6-2-7-13-19)20-14-8-3-9-15-20/h1-15,21H,16-17H2/q+1. The van der Waals surface area contributed by atoms with Crippen molar-refractivity contribution in [1.82, 2.24) is 0 Å². The maximum absolute atomic E-state index is 15.6. The van der Waals surface area contributed by atoms with E-state index in [1.165, 1.54) is 0 Å². The fraction of sp³-hybridized carbons (Fsp3) is 0.143. The van der Waals surface area contributed by atoms with Gasteiger partial charge < -0.3 is 0 Å². The Bertz CT molecular complexity index is 648. The number of rotatable bonds is 6. The lowest BCUT2D eigenvalue weighted by atomic mass is 10.3. The van der Waals surface area contributed by atoms with Crippen LogP contribution < -0.4 is 15.9 Å². The van der Waals surface area contributed by atoms with Crippen molar-refractivity contribution >= 4 is 23.2 Å². The van der Waals surface area contributed by atoms with Gasteiger partial charge in [0.05, 0.1) is 6.67 Å². The van der Waals surface area contributed by atoms with E-state index in [2.05, 4.69) is 0 Å². The molecule has 24 heavy (non-hydrogen) atoms. The Hall–Kier alpha value is -2.05. The highest BCUT2D eigenvalue weighted by Gasteiger charge is 2.52. The van der Waals surface area contributed by atoms with E-state index in [0.717, 1.165) is 15.9 Å². The second-order valence-electron chi connectivity index (χ2n) is 5.64. The molecule has 0 fully saturated rings. The van der Waals surface area contributed by atoms with Gasteiger partial charge in [0.15, 0.2) is 0 Å². The molecule has 1 atom stereocenters. The Kier molecular flexibility index (Phi) is 5.37. The van der Waals surface area contributed by atoms with Crippen LogP contribution in [0.4, 0.5) is 8.78 Å². The van der Waals surface area contributed by atoms with Crippen molar-refractivity contribution < 1.29 is 8.78 Å². The number of benzene rings is 3. The predicted molar refractivity (Wildman–Crippen MR) is 101 cm³/mol. The molecule has 3 aromatic rings. The SMILES string of the molecule is FCCC(F)[P+](c1ccccc1)(c1ccccc1)c1ccccc1. The molecule has 0 saturated heterocycles. The molecule has 0 aliphatic carbocycles. The van der Waals surface area contributed by atoms with Crippen molar-refractivity contribution in [3.8, 4) is 0 Å². The number of hydrogen-bond acceptors (Lipinski definition) is 0. The molecule has 0 N–H and O–H groups in total. The van der Waals surface area contributed by atoms with E-state index < -0.39 is 19.8 Å². The van der Waals surface area contributed by atoms with Crippen molar-refractivity contribution in [3.63, 3.8) is 0 Å². The van der Waals surface area contributed by atoms with E-state index in [4.69, 9.17) is 0 Å². The summed E-state index contributed by atoms with van der Waals surface area (Å²) in [4.78, 5) is 0. The molecule has 0 amide bonds. The first-order valence-corrected chi connectivity index (χ1v) is 9.91. The Labute approximate surface area is 142 Å². The summed E-state index contributed by atoms with van der Waals surface area (Å²) in [6.07, 6.45) is -0.0908. The molecule has 0 aromatic heterocycles. The maximum atomic E-state index is 15.6. The van der Waals surface area contributed by atoms with Gasteiger partial charge in [0.2, 0.25) is 5.91 Å². The molecular weight excluding hydrogens is 321 g/mol. The van der Waals surface area contributed by atoms with Crippen LogP contribution in [-0.4, -0.2) is 12.6 Å². The van der Waals surface area contributed by atoms with Gasteiger partial charge in [-0.05, 0) is 36.4 Å². The summed E-state index contributed by atoms with van der Waals surface area (Å²) >= 11 is 0. The molecule has 1 unspecified atom stereocenters. The zero-order valence-electron chi connectivity index (χ0n) is 13.4. The van der Waals surface area contributed by atoms with Crippen LogP contribution in [0.5, 0.6) is 0 Å². The van der Waals surface area contributed by atoms with Gasteiger partial charge in [-0.3, -0.25) is 4.39 Å². The predicted octanol–water partition coefficient (Wildman–Crippen LogP) is 4.64. The monoisotopic (exact) mass is 341 g/mol. The summed E-state index contributed by atoms with van der Waals surface area (Å²) < 4.78 is 28.7. The largest absolute Gasteiger partial charge is 0.251 e. The molecule has 0 radical (unpaired) electrons. The molecule has 0 nitrogen and oxygen atoms in total. The van der Waals surface area contributed by atoms with E-state index in [1.807, 2.05) is 91.0 Å². The van der Waals surface area contributed by atoms with Crippen LogP contribution in [0.3, 0.4) is 0 Å². The van der Waals surface area contributed by atoms with E-state index >= 15 is 4.39 Å². The van der Waals surface area contributed by atoms with Gasteiger partial charge >= 0.3 is 0 Å². The van der Waals surface area contributed by atoms with Crippen LogP contribution in [-0.2, 0) is 0 Å². The quantitative estimate of drug-likeness (QED) is 0.573. The van der Waals surface area contributed by atoms with Gasteiger partial charge in [0, 0.05) is 6.42 Å². The molecule has 122 valence electrons. The highest BCUT2D eigenvalue weighted by atomic mass is 31.2. The van der Waals surface area contributed by atoms with Gasteiger partial charge in [-0.15, -0.1) is 0 Å². The van der Waals surface area contributed by atoms with Crippen LogP contribution in [0.1, 0.15) is 6.42 Å². The molecule has 0 aliphatic rings. The molecule has 0 aliphatic heterocycles. The minimum Gasteiger partial charge on any atom is -0.251 e. The van der Waals surface area contributed by atoms with Crippen LogP contribution in [0.15, 0.2) is 91.0 Å². The van der Waals surface area contributed by atoms with Gasteiger partial charge in [0.25, 0.3) is 0 Å². The molecule has 3 aromatic carbocycles. The normalized spacial score (nSPS) is 12.8. The van der Waals surface area contributed by atoms with Crippen molar-refractivity contribution in [3.05, 3.63) is 91.0 Å². The first-order valence-electron chi connectivity index (χ1n) is 8.05. The summed E-state index contributed by atoms with van der Waals surface area (Å²) in [6, 6.07) is 29.2. The number of hydrogen-bond donors (Lipinski definition) is 0. The Morgan fingerprint density at radius 3 is 1.25 bits per heavy atom. The lowest BCUT2D eigenvalue weighted by Crippen LogP contribution is -2.37. The van der Waals surface area contributed by atoms with Gasteiger partial charge in [-0.1, -0.05) is 54.6 Å². The average Bonchev–Trinajstić information content (AvgIpc) is 2.65. The smallest absolute Gasteiger partial charge is 0.221 e. The molecule has 0 spiro atoms. The second kappa shape index (κ2) is 7.68. The van der Waals surface area contributed by atoms with Crippen LogP contribution in [0, 0.1) is 0 Å². The van der Waals surface area contributed by atoms with Crippen molar-refractivity contribution in [2.45, 2.75) is 12.3 Å². The van der Waals surface area contributed by atoms with Gasteiger partial charge in [-0.2, -0.15) is 0 Å². The van der Waals surface area contributed by atoms with Gasteiger partial charge in [0.1, 0.15) is 23.2 Å². The Morgan fingerprint density at radius 1 is 0.625 bits per heavy atom. The first-order chi connectivity index (χ1) is 11.8. The molecule has 0 heterocycles. The lowest BCUT2D eigenvalue weighted by Gasteiger charge is -2.30. The summed E-state index contributed by atoms with van der Waals surface area (Å²) in [5.74, 6) is -1.25.